The Kier molecular flexibility index (Phi) is 4.57. The van der Waals surface area contributed by atoms with E-state index in [1.807, 2.05) is 36.4 Å². The number of rotatable bonds is 4. The van der Waals surface area contributed by atoms with Crippen molar-refractivity contribution < 1.29 is 9.32 Å². The van der Waals surface area contributed by atoms with Crippen LogP contribution in [0.5, 0.6) is 0 Å². The highest BCUT2D eigenvalue weighted by Gasteiger charge is 2.15. The smallest absolute Gasteiger partial charge is 0.322 e. The number of benzene rings is 2. The first-order valence-corrected chi connectivity index (χ1v) is 9.45. The third-order valence-corrected chi connectivity index (χ3v) is 4.77. The number of aromatic nitrogens is 4. The second-order valence-corrected chi connectivity index (χ2v) is 6.79. The number of carbonyl (C=O) groups is 1. The Labute approximate surface area is 175 Å². The molecule has 5 aromatic rings. The number of aromatic amines is 1. The number of hydrogen-bond acceptors (Lipinski definition) is 6. The first-order valence-electron chi connectivity index (χ1n) is 9.45. The molecular formula is C23H15N5O3. The first-order chi connectivity index (χ1) is 15.2. The third kappa shape index (κ3) is 3.69. The van der Waals surface area contributed by atoms with Crippen LogP contribution in [0, 0.1) is 0 Å². The highest BCUT2D eigenvalue weighted by molar-refractivity contribution is 6.13. The SMILES string of the molecule is O=C(Nc1cccc(-c2noc(=O)[nH]2)c1)c1cc(-c2ccncc2)nc2ccccc12. The fourth-order valence-electron chi connectivity index (χ4n) is 3.33. The van der Waals surface area contributed by atoms with Gasteiger partial charge in [0.05, 0.1) is 16.8 Å². The zero-order chi connectivity index (χ0) is 21.2. The van der Waals surface area contributed by atoms with E-state index >= 15 is 0 Å². The highest BCUT2D eigenvalue weighted by atomic mass is 16.5. The minimum Gasteiger partial charge on any atom is -0.322 e. The minimum absolute atomic E-state index is 0.278. The standard InChI is InChI=1S/C23H15N5O3/c29-22(25-16-5-3-4-15(12-16)21-27-23(30)31-28-21)18-13-20(14-8-10-24-11-9-14)26-19-7-2-1-6-17(18)19/h1-13H,(H,25,29)(H,27,28,30). The molecule has 0 spiro atoms. The van der Waals surface area contributed by atoms with E-state index in [0.29, 0.717) is 22.5 Å². The Balaban J connectivity index is 1.53. The van der Waals surface area contributed by atoms with E-state index in [2.05, 4.69) is 25.0 Å². The molecule has 150 valence electrons. The molecule has 0 saturated heterocycles. The molecule has 31 heavy (non-hydrogen) atoms. The van der Waals surface area contributed by atoms with E-state index in [1.165, 1.54) is 0 Å². The molecule has 2 N–H and O–H groups in total. The third-order valence-electron chi connectivity index (χ3n) is 4.77. The summed E-state index contributed by atoms with van der Waals surface area (Å²) in [5.74, 6) is -0.633. The van der Waals surface area contributed by atoms with Crippen LogP contribution >= 0.6 is 0 Å². The topological polar surface area (TPSA) is 114 Å². The van der Waals surface area contributed by atoms with Crippen LogP contribution in [0.15, 0.2) is 88.4 Å². The van der Waals surface area contributed by atoms with E-state index in [9.17, 15) is 9.59 Å². The van der Waals surface area contributed by atoms with Crippen molar-refractivity contribution in [2.75, 3.05) is 5.32 Å². The molecule has 5 rings (SSSR count). The van der Waals surface area contributed by atoms with Crippen molar-refractivity contribution in [2.45, 2.75) is 0 Å². The fourth-order valence-corrected chi connectivity index (χ4v) is 3.33. The number of carbonyl (C=O) groups excluding carboxylic acids is 1. The Morgan fingerprint density at radius 1 is 0.935 bits per heavy atom. The number of H-pyrrole nitrogens is 1. The number of fused-ring (bicyclic) bond motifs is 1. The van der Waals surface area contributed by atoms with Gasteiger partial charge in [-0.3, -0.25) is 19.3 Å². The van der Waals surface area contributed by atoms with Gasteiger partial charge >= 0.3 is 5.76 Å². The number of pyridine rings is 2. The normalized spacial score (nSPS) is 10.8. The van der Waals surface area contributed by atoms with Crippen LogP contribution in [-0.2, 0) is 0 Å². The van der Waals surface area contributed by atoms with Gasteiger partial charge in [0.2, 0.25) is 0 Å². The van der Waals surface area contributed by atoms with Gasteiger partial charge in [0.25, 0.3) is 5.91 Å². The Bertz CT molecular complexity index is 1460. The van der Waals surface area contributed by atoms with Gasteiger partial charge in [-0.25, -0.2) is 9.78 Å². The number of nitrogens with one attached hydrogen (secondary N) is 2. The molecule has 0 bridgehead atoms. The van der Waals surface area contributed by atoms with Gasteiger partial charge in [-0.05, 0) is 36.4 Å². The molecule has 0 unspecified atom stereocenters. The summed E-state index contributed by atoms with van der Waals surface area (Å²) >= 11 is 0. The van der Waals surface area contributed by atoms with Crippen molar-refractivity contribution in [1.82, 2.24) is 20.1 Å². The maximum Gasteiger partial charge on any atom is 0.439 e. The summed E-state index contributed by atoms with van der Waals surface area (Å²) < 4.78 is 4.55. The predicted octanol–water partition coefficient (Wildman–Crippen LogP) is 3.89. The second kappa shape index (κ2) is 7.68. The van der Waals surface area contributed by atoms with E-state index in [0.717, 1.165) is 16.5 Å². The van der Waals surface area contributed by atoms with Crippen LogP contribution in [0.3, 0.4) is 0 Å². The molecular weight excluding hydrogens is 394 g/mol. The minimum atomic E-state index is -0.642. The average Bonchev–Trinajstić information content (AvgIpc) is 3.25. The molecule has 3 aromatic heterocycles. The van der Waals surface area contributed by atoms with E-state index < -0.39 is 5.76 Å². The van der Waals surface area contributed by atoms with Crippen LogP contribution in [0.2, 0.25) is 0 Å². The number of anilines is 1. The van der Waals surface area contributed by atoms with Crippen molar-refractivity contribution in [3.05, 3.63) is 95.2 Å². The maximum atomic E-state index is 13.2. The van der Waals surface area contributed by atoms with Crippen LogP contribution in [0.25, 0.3) is 33.5 Å². The number of hydrogen-bond donors (Lipinski definition) is 2. The molecule has 1 amide bonds. The molecule has 0 aliphatic rings. The molecule has 0 aliphatic heterocycles. The van der Waals surface area contributed by atoms with Gasteiger partial charge in [0, 0.05) is 34.6 Å². The Morgan fingerprint density at radius 3 is 2.58 bits per heavy atom. The summed E-state index contributed by atoms with van der Waals surface area (Å²) in [7, 11) is 0. The lowest BCUT2D eigenvalue weighted by atomic mass is 10.0. The molecule has 0 aliphatic carbocycles. The molecule has 2 aromatic carbocycles. The lowest BCUT2D eigenvalue weighted by Crippen LogP contribution is -2.13. The zero-order valence-corrected chi connectivity index (χ0v) is 16.1. The quantitative estimate of drug-likeness (QED) is 0.465. The van der Waals surface area contributed by atoms with Crippen LogP contribution in [-0.4, -0.2) is 26.0 Å². The van der Waals surface area contributed by atoms with Gasteiger partial charge in [0.1, 0.15) is 0 Å². The van der Waals surface area contributed by atoms with Crippen molar-refractivity contribution >= 4 is 22.5 Å². The predicted molar refractivity (Wildman–Crippen MR) is 115 cm³/mol. The van der Waals surface area contributed by atoms with Crippen molar-refractivity contribution in [3.63, 3.8) is 0 Å². The molecule has 0 saturated carbocycles. The van der Waals surface area contributed by atoms with E-state index in [4.69, 9.17) is 4.98 Å². The van der Waals surface area contributed by atoms with Crippen LogP contribution in [0.1, 0.15) is 10.4 Å². The Hall–Kier alpha value is -4.59. The van der Waals surface area contributed by atoms with Gasteiger partial charge in [-0.2, -0.15) is 0 Å². The number of nitrogens with zero attached hydrogens (tertiary/aromatic N) is 3. The van der Waals surface area contributed by atoms with Crippen LogP contribution in [0.4, 0.5) is 5.69 Å². The lowest BCUT2D eigenvalue weighted by molar-refractivity contribution is 0.102. The molecule has 0 radical (unpaired) electrons. The summed E-state index contributed by atoms with van der Waals surface area (Å²) in [5, 5.41) is 7.34. The van der Waals surface area contributed by atoms with Gasteiger partial charge < -0.3 is 5.32 Å². The second-order valence-electron chi connectivity index (χ2n) is 6.79. The monoisotopic (exact) mass is 409 g/mol. The van der Waals surface area contributed by atoms with Crippen molar-refractivity contribution in [1.29, 1.82) is 0 Å². The van der Waals surface area contributed by atoms with Gasteiger partial charge in [0.15, 0.2) is 5.82 Å². The highest BCUT2D eigenvalue weighted by Crippen LogP contribution is 2.26. The maximum absolute atomic E-state index is 13.2. The largest absolute Gasteiger partial charge is 0.439 e. The Morgan fingerprint density at radius 2 is 1.77 bits per heavy atom. The number of amides is 1. The molecule has 0 atom stereocenters. The summed E-state index contributed by atoms with van der Waals surface area (Å²) in [5.41, 5.74) is 3.93. The van der Waals surface area contributed by atoms with Crippen molar-refractivity contribution in [2.24, 2.45) is 0 Å². The van der Waals surface area contributed by atoms with Gasteiger partial charge in [-0.1, -0.05) is 35.5 Å². The molecule has 0 fully saturated rings. The van der Waals surface area contributed by atoms with Gasteiger partial charge in [-0.15, -0.1) is 0 Å². The summed E-state index contributed by atoms with van der Waals surface area (Å²) in [6, 6.07) is 19.9. The van der Waals surface area contributed by atoms with E-state index in [1.54, 1.807) is 42.7 Å². The zero-order valence-electron chi connectivity index (χ0n) is 16.1. The van der Waals surface area contributed by atoms with Crippen molar-refractivity contribution in [3.8, 4) is 22.6 Å². The fraction of sp³-hybridized carbons (Fsp3) is 0. The summed E-state index contributed by atoms with van der Waals surface area (Å²) in [4.78, 5) is 35.7. The number of para-hydroxylation sites is 1. The first kappa shape index (κ1) is 18.4. The average molecular weight is 409 g/mol. The van der Waals surface area contributed by atoms with Crippen LogP contribution < -0.4 is 11.1 Å². The summed E-state index contributed by atoms with van der Waals surface area (Å²) in [6.07, 6.45) is 3.37. The van der Waals surface area contributed by atoms with E-state index in [-0.39, 0.29) is 11.7 Å². The molecule has 3 heterocycles. The lowest BCUT2D eigenvalue weighted by Gasteiger charge is -2.11. The summed E-state index contributed by atoms with van der Waals surface area (Å²) in [6.45, 7) is 0. The molecule has 8 heteroatoms. The molecule has 8 nitrogen and oxygen atoms in total.